The van der Waals surface area contributed by atoms with E-state index in [0.717, 1.165) is 11.8 Å². The second-order valence-electron chi connectivity index (χ2n) is 11.2. The smallest absolute Gasteiger partial charge is 0.159 e. The molecule has 4 aliphatic rings. The fourth-order valence-electron chi connectivity index (χ4n) is 7.98. The predicted molar refractivity (Wildman–Crippen MR) is 114 cm³/mol. The van der Waals surface area contributed by atoms with E-state index < -0.39 is 0 Å². The van der Waals surface area contributed by atoms with E-state index in [-0.39, 0.29) is 0 Å². The summed E-state index contributed by atoms with van der Waals surface area (Å²) in [6.45, 7) is 9.77. The minimum Gasteiger partial charge on any atom is -0.295 e. The molecule has 0 amide bonds. The van der Waals surface area contributed by atoms with E-state index in [4.69, 9.17) is 0 Å². The Hall–Kier alpha value is -0.590. The molecule has 3 saturated carbocycles. The fourth-order valence-corrected chi connectivity index (χ4v) is 7.98. The van der Waals surface area contributed by atoms with Crippen molar-refractivity contribution >= 4 is 5.78 Å². The predicted octanol–water partition coefficient (Wildman–Crippen LogP) is 7.35. The van der Waals surface area contributed by atoms with Crippen molar-refractivity contribution in [2.75, 3.05) is 0 Å². The van der Waals surface area contributed by atoms with Crippen LogP contribution in [0, 0.1) is 40.4 Å². The molecule has 4 unspecified atom stereocenters. The van der Waals surface area contributed by atoms with E-state index in [0.29, 0.717) is 34.4 Å². The summed E-state index contributed by atoms with van der Waals surface area (Å²) >= 11 is 0. The van der Waals surface area contributed by atoms with Gasteiger partial charge in [0.1, 0.15) is 0 Å². The van der Waals surface area contributed by atoms with Crippen molar-refractivity contribution in [3.8, 4) is 0 Å². The number of hydrogen-bond acceptors (Lipinski definition) is 1. The van der Waals surface area contributed by atoms with Gasteiger partial charge in [0.25, 0.3) is 0 Å². The third kappa shape index (κ3) is 3.16. The number of unbranched alkanes of at least 4 members (excludes halogenated alkanes) is 3. The maximum absolute atomic E-state index is 13.3. The Morgan fingerprint density at radius 2 is 1.81 bits per heavy atom. The van der Waals surface area contributed by atoms with Gasteiger partial charge in [0.15, 0.2) is 5.78 Å². The van der Waals surface area contributed by atoms with Crippen LogP contribution in [0.2, 0.25) is 0 Å². The Morgan fingerprint density at radius 1 is 1.00 bits per heavy atom. The van der Waals surface area contributed by atoms with Crippen LogP contribution in [0.15, 0.2) is 11.6 Å². The number of fused-ring (bicyclic) bond motifs is 5. The number of allylic oxidation sites excluding steroid dienone is 2. The first-order chi connectivity index (χ1) is 12.9. The van der Waals surface area contributed by atoms with Crippen LogP contribution in [0.4, 0.5) is 0 Å². The average molecular weight is 371 g/mol. The molecule has 0 aliphatic heterocycles. The van der Waals surface area contributed by atoms with E-state index in [1.807, 2.05) is 0 Å². The minimum absolute atomic E-state index is 0.325. The van der Waals surface area contributed by atoms with Crippen LogP contribution >= 0.6 is 0 Å². The summed E-state index contributed by atoms with van der Waals surface area (Å²) in [5, 5.41) is 0. The zero-order valence-corrected chi connectivity index (χ0v) is 18.4. The van der Waals surface area contributed by atoms with Crippen LogP contribution in [0.1, 0.15) is 105 Å². The SMILES string of the molecule is CCCCCC[C@H]1CCC2C3C(=O)C=C4CC(C)CC[C@]4(C)C3CC[C@@]21C. The van der Waals surface area contributed by atoms with Gasteiger partial charge in [0.05, 0.1) is 0 Å². The Labute approximate surface area is 167 Å². The molecule has 0 aromatic rings. The highest BCUT2D eigenvalue weighted by atomic mass is 16.1. The van der Waals surface area contributed by atoms with Gasteiger partial charge in [-0.2, -0.15) is 0 Å². The Kier molecular flexibility index (Phi) is 5.36. The highest BCUT2D eigenvalue weighted by molar-refractivity contribution is 5.94. The number of ketones is 1. The van der Waals surface area contributed by atoms with Crippen molar-refractivity contribution in [2.24, 2.45) is 40.4 Å². The second kappa shape index (κ2) is 7.34. The number of carbonyl (C=O) groups excluding carboxylic acids is 1. The quantitative estimate of drug-likeness (QED) is 0.462. The molecule has 152 valence electrons. The third-order valence-electron chi connectivity index (χ3n) is 9.79. The standard InChI is InChI=1S/C26H42O/c1-5-6-7-8-9-19-10-11-21-24-22(13-15-25(19,21)3)26(4)14-12-18(2)16-20(26)17-23(24)27/h17-19,21-22,24H,5-16H2,1-4H3/t18?,19-,21?,22?,24?,25+,26-/m0/s1. The van der Waals surface area contributed by atoms with Crippen molar-refractivity contribution in [1.82, 2.24) is 0 Å². The normalized spacial score (nSPS) is 46.4. The van der Waals surface area contributed by atoms with E-state index in [2.05, 4.69) is 33.8 Å². The molecule has 0 spiro atoms. The molecule has 27 heavy (non-hydrogen) atoms. The Bertz CT molecular complexity index is 603. The summed E-state index contributed by atoms with van der Waals surface area (Å²) in [6, 6.07) is 0. The first-order valence-electron chi connectivity index (χ1n) is 12.1. The van der Waals surface area contributed by atoms with Crippen LogP contribution in [0.3, 0.4) is 0 Å². The highest BCUT2D eigenvalue weighted by Gasteiger charge is 2.60. The molecular formula is C26H42O. The number of carbonyl (C=O) groups is 1. The van der Waals surface area contributed by atoms with Gasteiger partial charge >= 0.3 is 0 Å². The summed E-state index contributed by atoms with van der Waals surface area (Å²) in [6.07, 6.45) is 18.3. The van der Waals surface area contributed by atoms with Gasteiger partial charge in [-0.15, -0.1) is 0 Å². The van der Waals surface area contributed by atoms with E-state index in [9.17, 15) is 4.79 Å². The summed E-state index contributed by atoms with van der Waals surface area (Å²) in [5.41, 5.74) is 2.28. The van der Waals surface area contributed by atoms with Gasteiger partial charge in [-0.3, -0.25) is 4.79 Å². The van der Waals surface area contributed by atoms with Crippen LogP contribution in [0.25, 0.3) is 0 Å². The summed E-state index contributed by atoms with van der Waals surface area (Å²) in [4.78, 5) is 13.3. The summed E-state index contributed by atoms with van der Waals surface area (Å²) in [5.74, 6) is 3.79. The van der Waals surface area contributed by atoms with E-state index in [1.54, 1.807) is 0 Å². The first kappa shape index (κ1) is 19.7. The van der Waals surface area contributed by atoms with Gasteiger partial charge < -0.3 is 0 Å². The molecular weight excluding hydrogens is 328 g/mol. The molecule has 0 aromatic carbocycles. The largest absolute Gasteiger partial charge is 0.295 e. The molecule has 4 rings (SSSR count). The van der Waals surface area contributed by atoms with E-state index >= 15 is 0 Å². The van der Waals surface area contributed by atoms with Gasteiger partial charge in [0.2, 0.25) is 0 Å². The van der Waals surface area contributed by atoms with Crippen LogP contribution in [-0.2, 0) is 4.79 Å². The van der Waals surface area contributed by atoms with Crippen molar-refractivity contribution in [3.63, 3.8) is 0 Å². The maximum atomic E-state index is 13.3. The number of hydrogen-bond donors (Lipinski definition) is 0. The van der Waals surface area contributed by atoms with Crippen LogP contribution < -0.4 is 0 Å². The van der Waals surface area contributed by atoms with Crippen LogP contribution in [0.5, 0.6) is 0 Å². The second-order valence-corrected chi connectivity index (χ2v) is 11.2. The lowest BCUT2D eigenvalue weighted by molar-refractivity contribution is -0.134. The number of rotatable bonds is 5. The highest BCUT2D eigenvalue weighted by Crippen LogP contribution is 2.66. The maximum Gasteiger partial charge on any atom is 0.159 e. The molecule has 3 fully saturated rings. The molecule has 0 aromatic heterocycles. The van der Waals surface area contributed by atoms with Crippen molar-refractivity contribution < 1.29 is 4.79 Å². The fraction of sp³-hybridized carbons (Fsp3) is 0.885. The van der Waals surface area contributed by atoms with Gasteiger partial charge in [0, 0.05) is 5.92 Å². The Morgan fingerprint density at radius 3 is 2.59 bits per heavy atom. The summed E-state index contributed by atoms with van der Waals surface area (Å²) in [7, 11) is 0. The van der Waals surface area contributed by atoms with Gasteiger partial charge in [-0.25, -0.2) is 0 Å². The van der Waals surface area contributed by atoms with Crippen molar-refractivity contribution in [2.45, 2.75) is 105 Å². The molecule has 7 atom stereocenters. The molecule has 1 nitrogen and oxygen atoms in total. The zero-order valence-electron chi connectivity index (χ0n) is 18.4. The molecule has 4 aliphatic carbocycles. The lowest BCUT2D eigenvalue weighted by Crippen LogP contribution is -2.53. The molecule has 0 radical (unpaired) electrons. The van der Waals surface area contributed by atoms with Gasteiger partial charge in [-0.05, 0) is 91.9 Å². The lowest BCUT2D eigenvalue weighted by Gasteiger charge is -2.57. The lowest BCUT2D eigenvalue weighted by atomic mass is 9.46. The molecule has 0 heterocycles. The minimum atomic E-state index is 0.325. The third-order valence-corrected chi connectivity index (χ3v) is 9.79. The Balaban J connectivity index is 1.55. The first-order valence-corrected chi connectivity index (χ1v) is 12.1. The molecule has 0 bridgehead atoms. The van der Waals surface area contributed by atoms with Crippen molar-refractivity contribution in [1.29, 1.82) is 0 Å². The molecule has 0 saturated heterocycles. The molecule has 0 N–H and O–H groups in total. The molecule has 1 heteroatoms. The average Bonchev–Trinajstić information content (AvgIpc) is 2.97. The monoisotopic (exact) mass is 370 g/mol. The summed E-state index contributed by atoms with van der Waals surface area (Å²) < 4.78 is 0. The van der Waals surface area contributed by atoms with E-state index in [1.165, 1.54) is 82.6 Å². The van der Waals surface area contributed by atoms with Crippen molar-refractivity contribution in [3.05, 3.63) is 11.6 Å². The zero-order chi connectivity index (χ0) is 19.2. The van der Waals surface area contributed by atoms with Crippen LogP contribution in [-0.4, -0.2) is 5.78 Å². The van der Waals surface area contributed by atoms with Gasteiger partial charge in [-0.1, -0.05) is 59.0 Å². The topological polar surface area (TPSA) is 17.1 Å².